The Morgan fingerprint density at radius 2 is 1.81 bits per heavy atom. The quantitative estimate of drug-likeness (QED) is 0.241. The summed E-state index contributed by atoms with van der Waals surface area (Å²) in [7, 11) is 1.62. The molecule has 0 radical (unpaired) electrons. The number of hydrogen-bond donors (Lipinski definition) is 1. The average molecular weight is 456 g/mol. The summed E-state index contributed by atoms with van der Waals surface area (Å²) in [5.41, 5.74) is 2.80. The number of amides is 1. The van der Waals surface area contributed by atoms with Gasteiger partial charge in [0.25, 0.3) is 5.91 Å². The SMILES string of the molecule is COc1ccc(/C=C(/C(=O)NCCSCc2c(F)cccc2Cl)c2ccccc2)cc1. The first-order valence-corrected chi connectivity index (χ1v) is 11.3. The van der Waals surface area contributed by atoms with Crippen molar-refractivity contribution in [3.8, 4) is 5.75 Å². The predicted molar refractivity (Wildman–Crippen MR) is 128 cm³/mol. The summed E-state index contributed by atoms with van der Waals surface area (Å²) < 4.78 is 19.0. The minimum Gasteiger partial charge on any atom is -0.497 e. The maximum atomic E-state index is 13.9. The van der Waals surface area contributed by atoms with Crippen LogP contribution < -0.4 is 10.1 Å². The molecule has 0 fully saturated rings. The van der Waals surface area contributed by atoms with Gasteiger partial charge in [-0.25, -0.2) is 4.39 Å². The first-order chi connectivity index (χ1) is 15.1. The number of methoxy groups -OCH3 is 1. The molecule has 0 aliphatic rings. The van der Waals surface area contributed by atoms with E-state index in [1.807, 2.05) is 60.7 Å². The van der Waals surface area contributed by atoms with Crippen molar-refractivity contribution in [3.63, 3.8) is 0 Å². The third kappa shape index (κ3) is 6.61. The Labute approximate surface area is 191 Å². The lowest BCUT2D eigenvalue weighted by Gasteiger charge is -2.11. The smallest absolute Gasteiger partial charge is 0.251 e. The number of carbonyl (C=O) groups excluding carboxylic acids is 1. The van der Waals surface area contributed by atoms with Crippen LogP contribution in [0, 0.1) is 5.82 Å². The molecule has 0 aliphatic carbocycles. The van der Waals surface area contributed by atoms with Gasteiger partial charge in [-0.2, -0.15) is 11.8 Å². The first-order valence-electron chi connectivity index (χ1n) is 9.78. The predicted octanol–water partition coefficient (Wildman–Crippen LogP) is 6.08. The molecule has 0 aliphatic heterocycles. The fraction of sp³-hybridized carbons (Fsp3) is 0.160. The van der Waals surface area contributed by atoms with Crippen LogP contribution in [0.2, 0.25) is 5.02 Å². The lowest BCUT2D eigenvalue weighted by atomic mass is 10.0. The van der Waals surface area contributed by atoms with Gasteiger partial charge < -0.3 is 10.1 Å². The van der Waals surface area contributed by atoms with Gasteiger partial charge in [-0.3, -0.25) is 4.79 Å². The van der Waals surface area contributed by atoms with Crippen LogP contribution in [0.15, 0.2) is 72.8 Å². The molecule has 1 N–H and O–H groups in total. The molecule has 3 aromatic carbocycles. The van der Waals surface area contributed by atoms with Crippen LogP contribution in [0.5, 0.6) is 5.75 Å². The first kappa shape index (κ1) is 22.9. The molecule has 0 heterocycles. The molecule has 3 rings (SSSR count). The number of nitrogens with one attached hydrogen (secondary N) is 1. The van der Waals surface area contributed by atoms with Crippen LogP contribution in [0.1, 0.15) is 16.7 Å². The number of rotatable bonds is 9. The molecule has 0 aromatic heterocycles. The molecular weight excluding hydrogens is 433 g/mol. The molecule has 0 saturated carbocycles. The summed E-state index contributed by atoms with van der Waals surface area (Å²) in [4.78, 5) is 12.9. The van der Waals surface area contributed by atoms with Crippen LogP contribution in [0.4, 0.5) is 4.39 Å². The van der Waals surface area contributed by atoms with Crippen LogP contribution in [-0.2, 0) is 10.5 Å². The molecule has 1 amide bonds. The van der Waals surface area contributed by atoms with Crippen molar-refractivity contribution in [2.45, 2.75) is 5.75 Å². The van der Waals surface area contributed by atoms with Crippen molar-refractivity contribution in [3.05, 3.63) is 100 Å². The van der Waals surface area contributed by atoms with Gasteiger partial charge in [0.05, 0.1) is 7.11 Å². The van der Waals surface area contributed by atoms with E-state index in [1.165, 1.54) is 17.8 Å². The lowest BCUT2D eigenvalue weighted by Crippen LogP contribution is -2.26. The van der Waals surface area contributed by atoms with Crippen LogP contribution in [0.3, 0.4) is 0 Å². The second kappa shape index (κ2) is 11.6. The Balaban J connectivity index is 1.63. The zero-order valence-corrected chi connectivity index (χ0v) is 18.7. The number of benzene rings is 3. The molecule has 6 heteroatoms. The summed E-state index contributed by atoms with van der Waals surface area (Å²) in [5, 5.41) is 3.38. The Bertz CT molecular complexity index is 1020. The summed E-state index contributed by atoms with van der Waals surface area (Å²) in [5.74, 6) is 1.38. The molecular formula is C25H23ClFNO2S. The second-order valence-corrected chi connectivity index (χ2v) is 8.22. The maximum absolute atomic E-state index is 13.9. The molecule has 31 heavy (non-hydrogen) atoms. The Morgan fingerprint density at radius 3 is 2.48 bits per heavy atom. The van der Waals surface area contributed by atoms with Gasteiger partial charge in [-0.15, -0.1) is 0 Å². The number of ether oxygens (including phenoxy) is 1. The van der Waals surface area contributed by atoms with E-state index in [0.717, 1.165) is 16.9 Å². The zero-order valence-electron chi connectivity index (χ0n) is 17.1. The number of carbonyl (C=O) groups is 1. The normalized spacial score (nSPS) is 11.3. The van der Waals surface area contributed by atoms with Crippen molar-refractivity contribution in [2.24, 2.45) is 0 Å². The Hall–Kier alpha value is -2.76. The lowest BCUT2D eigenvalue weighted by molar-refractivity contribution is -0.115. The van der Waals surface area contributed by atoms with E-state index in [4.69, 9.17) is 16.3 Å². The fourth-order valence-corrected chi connectivity index (χ4v) is 4.14. The van der Waals surface area contributed by atoms with Gasteiger partial charge in [0.1, 0.15) is 11.6 Å². The number of thioether (sulfide) groups is 1. The molecule has 3 aromatic rings. The molecule has 0 spiro atoms. The van der Waals surface area contributed by atoms with Crippen LogP contribution in [-0.4, -0.2) is 25.3 Å². The van der Waals surface area contributed by atoms with E-state index < -0.39 is 0 Å². The highest BCUT2D eigenvalue weighted by molar-refractivity contribution is 7.98. The summed E-state index contributed by atoms with van der Waals surface area (Å²) in [6.45, 7) is 0.461. The molecule has 0 bridgehead atoms. The third-order valence-corrected chi connectivity index (χ3v) is 5.94. The van der Waals surface area contributed by atoms with E-state index in [-0.39, 0.29) is 11.7 Å². The Kier molecular flexibility index (Phi) is 8.56. The van der Waals surface area contributed by atoms with Crippen LogP contribution >= 0.6 is 23.4 Å². The minimum atomic E-state index is -0.308. The van der Waals surface area contributed by atoms with Crippen molar-refractivity contribution in [2.75, 3.05) is 19.4 Å². The van der Waals surface area contributed by atoms with Crippen molar-refractivity contribution >= 4 is 40.9 Å². The molecule has 160 valence electrons. The zero-order chi connectivity index (χ0) is 22.1. The highest BCUT2D eigenvalue weighted by atomic mass is 35.5. The van der Waals surface area contributed by atoms with Crippen molar-refractivity contribution in [1.29, 1.82) is 0 Å². The van der Waals surface area contributed by atoms with Gasteiger partial charge in [-0.1, -0.05) is 60.1 Å². The van der Waals surface area contributed by atoms with E-state index >= 15 is 0 Å². The monoisotopic (exact) mass is 455 g/mol. The highest BCUT2D eigenvalue weighted by Crippen LogP contribution is 2.24. The summed E-state index contributed by atoms with van der Waals surface area (Å²) in [6.07, 6.45) is 1.86. The summed E-state index contributed by atoms with van der Waals surface area (Å²) in [6, 6.07) is 21.7. The van der Waals surface area contributed by atoms with Crippen molar-refractivity contribution < 1.29 is 13.9 Å². The van der Waals surface area contributed by atoms with Gasteiger partial charge in [0, 0.05) is 34.2 Å². The van der Waals surface area contributed by atoms with E-state index in [2.05, 4.69) is 5.32 Å². The molecule has 0 saturated heterocycles. The largest absolute Gasteiger partial charge is 0.497 e. The van der Waals surface area contributed by atoms with Gasteiger partial charge >= 0.3 is 0 Å². The molecule has 3 nitrogen and oxygen atoms in total. The fourth-order valence-electron chi connectivity index (χ4n) is 2.94. The summed E-state index contributed by atoms with van der Waals surface area (Å²) >= 11 is 7.58. The average Bonchev–Trinajstić information content (AvgIpc) is 2.79. The second-order valence-electron chi connectivity index (χ2n) is 6.71. The third-order valence-electron chi connectivity index (χ3n) is 4.60. The van der Waals surface area contributed by atoms with E-state index in [1.54, 1.807) is 19.2 Å². The number of hydrogen-bond acceptors (Lipinski definition) is 3. The van der Waals surface area contributed by atoms with Gasteiger partial charge in [0.15, 0.2) is 0 Å². The standard InChI is InChI=1S/C25H23ClFNO2S/c1-30-20-12-10-18(11-13-20)16-21(19-6-3-2-4-7-19)25(29)28-14-15-31-17-22-23(26)8-5-9-24(22)27/h2-13,16H,14-15,17H2,1H3,(H,28,29)/b21-16+. The van der Waals surface area contributed by atoms with E-state index in [0.29, 0.717) is 34.2 Å². The molecule has 0 atom stereocenters. The van der Waals surface area contributed by atoms with Gasteiger partial charge in [0.2, 0.25) is 0 Å². The van der Waals surface area contributed by atoms with Crippen molar-refractivity contribution in [1.82, 2.24) is 5.32 Å². The Morgan fingerprint density at radius 1 is 1.06 bits per heavy atom. The van der Waals surface area contributed by atoms with Gasteiger partial charge in [-0.05, 0) is 41.5 Å². The highest BCUT2D eigenvalue weighted by Gasteiger charge is 2.12. The topological polar surface area (TPSA) is 38.3 Å². The maximum Gasteiger partial charge on any atom is 0.251 e. The number of halogens is 2. The van der Waals surface area contributed by atoms with Crippen LogP contribution in [0.25, 0.3) is 11.6 Å². The van der Waals surface area contributed by atoms with E-state index in [9.17, 15) is 9.18 Å². The minimum absolute atomic E-state index is 0.161. The molecule has 0 unspecified atom stereocenters.